The van der Waals surface area contributed by atoms with Gasteiger partial charge in [-0.3, -0.25) is 0 Å². The fourth-order valence-corrected chi connectivity index (χ4v) is 3.23. The average Bonchev–Trinajstić information content (AvgIpc) is 2.81. The molecule has 0 N–H and O–H groups in total. The van der Waals surface area contributed by atoms with E-state index in [0.717, 1.165) is 43.2 Å². The fraction of sp³-hybridized carbons (Fsp3) is 0.444. The SMILES string of the molecule is C=C=COCCCCCCCCCCCCOc1ccc(N=Nc2ccccc2)cc1. The van der Waals surface area contributed by atoms with Crippen molar-refractivity contribution >= 4 is 11.4 Å². The summed E-state index contributed by atoms with van der Waals surface area (Å²) in [4.78, 5) is 0. The lowest BCUT2D eigenvalue weighted by molar-refractivity contribution is 0.241. The molecule has 4 heteroatoms. The number of azo groups is 1. The first kappa shape index (κ1) is 24.4. The molecule has 0 atom stereocenters. The Kier molecular flexibility index (Phi) is 13.3. The number of benzene rings is 2. The molecule has 0 spiro atoms. The summed E-state index contributed by atoms with van der Waals surface area (Å²) in [5.41, 5.74) is 4.30. The van der Waals surface area contributed by atoms with Gasteiger partial charge in [0.25, 0.3) is 0 Å². The molecule has 0 aliphatic heterocycles. The Hall–Kier alpha value is -2.84. The number of nitrogens with zero attached hydrogens (tertiary/aromatic N) is 2. The second-order valence-corrected chi connectivity index (χ2v) is 7.61. The van der Waals surface area contributed by atoms with Gasteiger partial charge < -0.3 is 9.47 Å². The van der Waals surface area contributed by atoms with Gasteiger partial charge in [0.15, 0.2) is 0 Å². The molecule has 0 heterocycles. The van der Waals surface area contributed by atoms with E-state index in [-0.39, 0.29) is 0 Å². The van der Waals surface area contributed by atoms with E-state index in [9.17, 15) is 0 Å². The molecule has 4 nitrogen and oxygen atoms in total. The van der Waals surface area contributed by atoms with E-state index in [2.05, 4.69) is 22.5 Å². The topological polar surface area (TPSA) is 43.2 Å². The molecule has 0 aliphatic rings. The minimum absolute atomic E-state index is 0.772. The summed E-state index contributed by atoms with van der Waals surface area (Å²) in [6.07, 6.45) is 14.2. The average molecular weight is 421 g/mol. The van der Waals surface area contributed by atoms with Gasteiger partial charge in [-0.1, -0.05) is 81.9 Å². The zero-order chi connectivity index (χ0) is 21.8. The lowest BCUT2D eigenvalue weighted by Gasteiger charge is -2.06. The number of unbranched alkanes of at least 4 members (excludes halogenated alkanes) is 9. The van der Waals surface area contributed by atoms with Crippen LogP contribution in [0.5, 0.6) is 5.75 Å². The number of ether oxygens (including phenoxy) is 2. The number of hydrogen-bond acceptors (Lipinski definition) is 4. The van der Waals surface area contributed by atoms with Crippen LogP contribution in [0.1, 0.15) is 64.2 Å². The summed E-state index contributed by atoms with van der Waals surface area (Å²) in [6, 6.07) is 17.5. The van der Waals surface area contributed by atoms with Crippen molar-refractivity contribution in [2.24, 2.45) is 10.2 Å². The standard InChI is InChI=1S/C27H36N2O2/c1-2-22-30-23-14-9-7-5-3-4-6-8-10-15-24-31-27-20-18-26(19-21-27)29-28-25-16-12-11-13-17-25/h11-13,16-22H,1,3-10,14-15,23-24H2. The van der Waals surface area contributed by atoms with Crippen LogP contribution in [0.15, 0.2) is 83.4 Å². The Balaban J connectivity index is 1.42. The monoisotopic (exact) mass is 420 g/mol. The minimum atomic E-state index is 0.772. The van der Waals surface area contributed by atoms with Crippen LogP contribution in [0.3, 0.4) is 0 Å². The zero-order valence-electron chi connectivity index (χ0n) is 18.7. The maximum absolute atomic E-state index is 5.84. The van der Waals surface area contributed by atoms with E-state index in [0.29, 0.717) is 0 Å². The lowest BCUT2D eigenvalue weighted by Crippen LogP contribution is -1.96. The van der Waals surface area contributed by atoms with Crippen LogP contribution in [-0.4, -0.2) is 13.2 Å². The van der Waals surface area contributed by atoms with Gasteiger partial charge in [-0.25, -0.2) is 0 Å². The van der Waals surface area contributed by atoms with E-state index in [1.54, 1.807) is 6.26 Å². The maximum atomic E-state index is 5.84. The molecule has 166 valence electrons. The first-order valence-corrected chi connectivity index (χ1v) is 11.5. The van der Waals surface area contributed by atoms with Crippen molar-refractivity contribution in [1.29, 1.82) is 0 Å². The molecule has 0 unspecified atom stereocenters. The third-order valence-corrected chi connectivity index (χ3v) is 4.97. The van der Waals surface area contributed by atoms with Crippen molar-refractivity contribution < 1.29 is 9.47 Å². The van der Waals surface area contributed by atoms with E-state index in [1.807, 2.05) is 54.6 Å². The predicted molar refractivity (Wildman–Crippen MR) is 128 cm³/mol. The third-order valence-electron chi connectivity index (χ3n) is 4.97. The van der Waals surface area contributed by atoms with Crippen molar-refractivity contribution in [3.05, 3.63) is 73.2 Å². The molecule has 0 saturated heterocycles. The Morgan fingerprint density at radius 2 is 1.16 bits per heavy atom. The summed E-state index contributed by atoms with van der Waals surface area (Å²) >= 11 is 0. The number of rotatable bonds is 17. The highest BCUT2D eigenvalue weighted by molar-refractivity contribution is 5.42. The van der Waals surface area contributed by atoms with Crippen molar-refractivity contribution in [3.8, 4) is 5.75 Å². The van der Waals surface area contributed by atoms with Crippen LogP contribution in [-0.2, 0) is 4.74 Å². The molecule has 0 aliphatic carbocycles. The van der Waals surface area contributed by atoms with Gasteiger partial charge in [0, 0.05) is 0 Å². The molecule has 2 aromatic carbocycles. The molecule has 0 amide bonds. The van der Waals surface area contributed by atoms with Crippen molar-refractivity contribution in [1.82, 2.24) is 0 Å². The molecule has 0 aromatic heterocycles. The number of hydrogen-bond donors (Lipinski definition) is 0. The van der Waals surface area contributed by atoms with E-state index < -0.39 is 0 Å². The predicted octanol–water partition coefficient (Wildman–Crippen LogP) is 8.70. The van der Waals surface area contributed by atoms with Crippen LogP contribution in [0.4, 0.5) is 11.4 Å². The molecule has 0 radical (unpaired) electrons. The summed E-state index contributed by atoms with van der Waals surface area (Å²) in [5.74, 6) is 0.893. The van der Waals surface area contributed by atoms with Gasteiger partial charge in [0.1, 0.15) is 12.0 Å². The van der Waals surface area contributed by atoms with Gasteiger partial charge in [-0.15, -0.1) is 0 Å². The third kappa shape index (κ3) is 12.5. The molecule has 2 rings (SSSR count). The Morgan fingerprint density at radius 1 is 0.645 bits per heavy atom. The molecule has 0 saturated carbocycles. The quantitative estimate of drug-likeness (QED) is 0.111. The largest absolute Gasteiger partial charge is 0.494 e. The van der Waals surface area contributed by atoms with E-state index in [1.165, 1.54) is 51.4 Å². The zero-order valence-corrected chi connectivity index (χ0v) is 18.7. The molecule has 0 bridgehead atoms. The van der Waals surface area contributed by atoms with Crippen molar-refractivity contribution in [3.63, 3.8) is 0 Å². The van der Waals surface area contributed by atoms with E-state index >= 15 is 0 Å². The molecule has 2 aromatic rings. The van der Waals surface area contributed by atoms with Crippen LogP contribution in [0, 0.1) is 0 Å². The summed E-state index contributed by atoms with van der Waals surface area (Å²) in [5, 5.41) is 8.48. The second kappa shape index (κ2) is 16.9. The van der Waals surface area contributed by atoms with Gasteiger partial charge in [0.05, 0.1) is 24.6 Å². The fourth-order valence-electron chi connectivity index (χ4n) is 3.23. The van der Waals surface area contributed by atoms with Gasteiger partial charge >= 0.3 is 0 Å². The van der Waals surface area contributed by atoms with Gasteiger partial charge in [-0.2, -0.15) is 10.2 Å². The van der Waals surface area contributed by atoms with Crippen LogP contribution >= 0.6 is 0 Å². The highest BCUT2D eigenvalue weighted by Crippen LogP contribution is 2.21. The normalized spacial score (nSPS) is 10.7. The first-order chi connectivity index (χ1) is 15.4. The highest BCUT2D eigenvalue weighted by atomic mass is 16.5. The molecule has 31 heavy (non-hydrogen) atoms. The smallest absolute Gasteiger partial charge is 0.124 e. The summed E-state index contributed by atoms with van der Waals surface area (Å²) < 4.78 is 11.1. The lowest BCUT2D eigenvalue weighted by atomic mass is 10.1. The van der Waals surface area contributed by atoms with Crippen molar-refractivity contribution in [2.45, 2.75) is 64.2 Å². The van der Waals surface area contributed by atoms with Crippen molar-refractivity contribution in [2.75, 3.05) is 13.2 Å². The van der Waals surface area contributed by atoms with Gasteiger partial charge in [-0.05, 0) is 49.2 Å². The summed E-state index contributed by atoms with van der Waals surface area (Å²) in [7, 11) is 0. The second-order valence-electron chi connectivity index (χ2n) is 7.61. The van der Waals surface area contributed by atoms with Gasteiger partial charge in [0.2, 0.25) is 0 Å². The van der Waals surface area contributed by atoms with Crippen LogP contribution in [0.25, 0.3) is 0 Å². The molecular formula is C27H36N2O2. The Labute approximate surface area is 187 Å². The maximum Gasteiger partial charge on any atom is 0.124 e. The van der Waals surface area contributed by atoms with Crippen LogP contribution < -0.4 is 4.74 Å². The minimum Gasteiger partial charge on any atom is -0.494 e. The Bertz CT molecular complexity index is 766. The highest BCUT2D eigenvalue weighted by Gasteiger charge is 1.97. The molecular weight excluding hydrogens is 384 g/mol. The summed E-state index contributed by atoms with van der Waals surface area (Å²) in [6.45, 7) is 5.03. The van der Waals surface area contributed by atoms with E-state index in [4.69, 9.17) is 9.47 Å². The Morgan fingerprint density at radius 3 is 1.74 bits per heavy atom. The molecule has 0 fully saturated rings. The first-order valence-electron chi connectivity index (χ1n) is 11.5. The van der Waals surface area contributed by atoms with Crippen LogP contribution in [0.2, 0.25) is 0 Å².